The fourth-order valence-corrected chi connectivity index (χ4v) is 4.30. The van der Waals surface area contributed by atoms with Crippen LogP contribution in [0.5, 0.6) is 0 Å². The summed E-state index contributed by atoms with van der Waals surface area (Å²) >= 11 is 0. The number of carbonyl (C=O) groups excluding carboxylic acids is 1. The van der Waals surface area contributed by atoms with Crippen LogP contribution >= 0.6 is 0 Å². The average Bonchev–Trinajstić information content (AvgIpc) is 3.26. The lowest BCUT2D eigenvalue weighted by Gasteiger charge is -2.14. The summed E-state index contributed by atoms with van der Waals surface area (Å²) in [6, 6.07) is 26.6. The van der Waals surface area contributed by atoms with E-state index in [-0.39, 0.29) is 5.92 Å². The molecule has 4 rings (SSSR count). The van der Waals surface area contributed by atoms with Crippen LogP contribution in [-0.2, 0) is 30.3 Å². The number of alkyl carbamates (subject to hydrolysis) is 1. The van der Waals surface area contributed by atoms with E-state index in [2.05, 4.69) is 29.6 Å². The lowest BCUT2D eigenvalue weighted by atomic mass is 9.98. The molecule has 0 atom stereocenters. The normalized spacial score (nSPS) is 12.2. The standard InChI is InChI=1S/C30H35NO6/c32-30(37-23-29-27-12-6-4-10-25(27)26-11-5-7-13-28(26)29)31-14-15-33-16-17-34-18-19-35-20-21-36-22-24-8-2-1-3-9-24/h1-13,29H,14-23H2,(H,31,32). The minimum atomic E-state index is -0.438. The molecule has 7 heteroatoms. The Kier molecular flexibility index (Phi) is 11.0. The van der Waals surface area contributed by atoms with Gasteiger partial charge in [0.15, 0.2) is 0 Å². The molecule has 1 aliphatic carbocycles. The summed E-state index contributed by atoms with van der Waals surface area (Å²) in [4.78, 5) is 12.2. The quantitative estimate of drug-likeness (QED) is 0.282. The van der Waals surface area contributed by atoms with Crippen LogP contribution in [0.3, 0.4) is 0 Å². The van der Waals surface area contributed by atoms with Gasteiger partial charge >= 0.3 is 6.09 Å². The Morgan fingerprint density at radius 3 is 1.76 bits per heavy atom. The van der Waals surface area contributed by atoms with Crippen LogP contribution in [-0.4, -0.2) is 65.5 Å². The second-order valence-electron chi connectivity index (χ2n) is 8.63. The summed E-state index contributed by atoms with van der Waals surface area (Å²) in [6.45, 7) is 4.68. The molecular weight excluding hydrogens is 470 g/mol. The van der Waals surface area contributed by atoms with Crippen molar-refractivity contribution < 1.29 is 28.5 Å². The number of rotatable bonds is 16. The molecule has 1 amide bonds. The molecule has 0 fully saturated rings. The summed E-state index contributed by atoms with van der Waals surface area (Å²) < 4.78 is 27.6. The lowest BCUT2D eigenvalue weighted by Crippen LogP contribution is -2.29. The molecule has 1 N–H and O–H groups in total. The third-order valence-electron chi connectivity index (χ3n) is 6.09. The Bertz CT molecular complexity index is 1040. The molecule has 0 bridgehead atoms. The molecule has 0 spiro atoms. The Hall–Kier alpha value is -3.23. The predicted octanol–water partition coefficient (Wildman–Crippen LogP) is 4.79. The third kappa shape index (κ3) is 8.40. The van der Waals surface area contributed by atoms with Gasteiger partial charge in [0.05, 0.1) is 52.9 Å². The van der Waals surface area contributed by atoms with E-state index >= 15 is 0 Å². The smallest absolute Gasteiger partial charge is 0.407 e. The second kappa shape index (κ2) is 15.1. The molecule has 0 saturated heterocycles. The fourth-order valence-electron chi connectivity index (χ4n) is 4.30. The zero-order chi connectivity index (χ0) is 25.5. The lowest BCUT2D eigenvalue weighted by molar-refractivity contribution is -0.00377. The average molecular weight is 506 g/mol. The van der Waals surface area contributed by atoms with Gasteiger partial charge in [-0.2, -0.15) is 0 Å². The van der Waals surface area contributed by atoms with Gasteiger partial charge in [-0.25, -0.2) is 4.79 Å². The summed E-state index contributed by atoms with van der Waals surface area (Å²) in [6.07, 6.45) is -0.438. The summed E-state index contributed by atoms with van der Waals surface area (Å²) in [7, 11) is 0. The highest BCUT2D eigenvalue weighted by Gasteiger charge is 2.28. The van der Waals surface area contributed by atoms with Crippen molar-refractivity contribution in [3.63, 3.8) is 0 Å². The van der Waals surface area contributed by atoms with Crippen molar-refractivity contribution in [2.24, 2.45) is 0 Å². The van der Waals surface area contributed by atoms with Crippen molar-refractivity contribution in [1.29, 1.82) is 0 Å². The molecule has 0 heterocycles. The highest BCUT2D eigenvalue weighted by atomic mass is 16.6. The van der Waals surface area contributed by atoms with Gasteiger partial charge in [-0.15, -0.1) is 0 Å². The first-order valence-electron chi connectivity index (χ1n) is 12.8. The van der Waals surface area contributed by atoms with E-state index in [0.717, 1.165) is 5.56 Å². The highest BCUT2D eigenvalue weighted by Crippen LogP contribution is 2.44. The SMILES string of the molecule is O=C(NCCOCCOCCOCCOCc1ccccc1)OCC1c2ccccc2-c2ccccc21. The molecule has 7 nitrogen and oxygen atoms in total. The van der Waals surface area contributed by atoms with Crippen LogP contribution in [0.4, 0.5) is 4.79 Å². The zero-order valence-electron chi connectivity index (χ0n) is 21.1. The molecule has 0 unspecified atom stereocenters. The van der Waals surface area contributed by atoms with Crippen molar-refractivity contribution in [3.05, 3.63) is 95.6 Å². The summed E-state index contributed by atoms with van der Waals surface area (Å²) in [5.74, 6) is 0.0531. The van der Waals surface area contributed by atoms with Gasteiger partial charge in [0, 0.05) is 12.5 Å². The first-order valence-corrected chi connectivity index (χ1v) is 12.8. The zero-order valence-corrected chi connectivity index (χ0v) is 21.1. The number of amides is 1. The molecular formula is C30H35NO6. The van der Waals surface area contributed by atoms with E-state index in [1.807, 2.05) is 54.6 Å². The van der Waals surface area contributed by atoms with Crippen LogP contribution in [0.2, 0.25) is 0 Å². The first kappa shape index (κ1) is 26.8. The molecule has 0 aromatic heterocycles. The van der Waals surface area contributed by atoms with Crippen molar-refractivity contribution in [1.82, 2.24) is 5.32 Å². The Balaban J connectivity index is 0.968. The van der Waals surface area contributed by atoms with Crippen LogP contribution < -0.4 is 5.32 Å². The molecule has 0 saturated carbocycles. The highest BCUT2D eigenvalue weighted by molar-refractivity contribution is 5.79. The number of benzene rings is 3. The molecule has 0 aliphatic heterocycles. The van der Waals surface area contributed by atoms with Crippen LogP contribution in [0.25, 0.3) is 11.1 Å². The van der Waals surface area contributed by atoms with Gasteiger partial charge in [0.25, 0.3) is 0 Å². The number of nitrogens with one attached hydrogen (secondary N) is 1. The van der Waals surface area contributed by atoms with Gasteiger partial charge in [-0.05, 0) is 27.8 Å². The minimum Gasteiger partial charge on any atom is -0.449 e. The summed E-state index contributed by atoms with van der Waals surface area (Å²) in [5, 5.41) is 2.74. The van der Waals surface area contributed by atoms with Crippen molar-refractivity contribution in [2.75, 3.05) is 59.4 Å². The van der Waals surface area contributed by atoms with Crippen LogP contribution in [0.15, 0.2) is 78.9 Å². The van der Waals surface area contributed by atoms with Crippen molar-refractivity contribution in [2.45, 2.75) is 12.5 Å². The maximum absolute atomic E-state index is 12.2. The number of carbonyl (C=O) groups is 1. The number of hydrogen-bond donors (Lipinski definition) is 1. The van der Waals surface area contributed by atoms with Gasteiger partial charge in [-0.3, -0.25) is 0 Å². The van der Waals surface area contributed by atoms with E-state index < -0.39 is 6.09 Å². The molecule has 3 aromatic rings. The Morgan fingerprint density at radius 1 is 0.622 bits per heavy atom. The molecule has 3 aromatic carbocycles. The Labute approximate surface area is 218 Å². The monoisotopic (exact) mass is 505 g/mol. The van der Waals surface area contributed by atoms with E-state index in [4.69, 9.17) is 23.7 Å². The van der Waals surface area contributed by atoms with E-state index in [9.17, 15) is 4.79 Å². The molecule has 1 aliphatic rings. The Morgan fingerprint density at radius 2 is 1.14 bits per heavy atom. The maximum Gasteiger partial charge on any atom is 0.407 e. The number of hydrogen-bond acceptors (Lipinski definition) is 6. The topological polar surface area (TPSA) is 75.3 Å². The van der Waals surface area contributed by atoms with Gasteiger partial charge in [-0.1, -0.05) is 78.9 Å². The van der Waals surface area contributed by atoms with Crippen LogP contribution in [0.1, 0.15) is 22.6 Å². The second-order valence-corrected chi connectivity index (χ2v) is 8.63. The van der Waals surface area contributed by atoms with Crippen molar-refractivity contribution >= 4 is 6.09 Å². The first-order chi connectivity index (χ1) is 18.3. The predicted molar refractivity (Wildman–Crippen MR) is 142 cm³/mol. The molecule has 0 radical (unpaired) electrons. The fraction of sp³-hybridized carbons (Fsp3) is 0.367. The van der Waals surface area contributed by atoms with E-state index in [0.29, 0.717) is 66.0 Å². The van der Waals surface area contributed by atoms with Gasteiger partial charge in [0.2, 0.25) is 0 Å². The van der Waals surface area contributed by atoms with Gasteiger partial charge in [0.1, 0.15) is 6.61 Å². The largest absolute Gasteiger partial charge is 0.449 e. The summed E-state index contributed by atoms with van der Waals surface area (Å²) in [5.41, 5.74) is 5.96. The van der Waals surface area contributed by atoms with E-state index in [1.54, 1.807) is 0 Å². The molecule has 37 heavy (non-hydrogen) atoms. The molecule has 196 valence electrons. The van der Waals surface area contributed by atoms with Crippen molar-refractivity contribution in [3.8, 4) is 11.1 Å². The minimum absolute atomic E-state index is 0.0531. The third-order valence-corrected chi connectivity index (χ3v) is 6.09. The number of fused-ring (bicyclic) bond motifs is 3. The number of ether oxygens (including phenoxy) is 5. The van der Waals surface area contributed by atoms with Gasteiger partial charge < -0.3 is 29.0 Å². The maximum atomic E-state index is 12.2. The van der Waals surface area contributed by atoms with E-state index in [1.165, 1.54) is 22.3 Å². The van der Waals surface area contributed by atoms with Crippen LogP contribution in [0, 0.1) is 0 Å².